The Morgan fingerprint density at radius 1 is 1.53 bits per heavy atom. The van der Waals surface area contributed by atoms with Crippen molar-refractivity contribution in [2.75, 3.05) is 18.1 Å². The van der Waals surface area contributed by atoms with Gasteiger partial charge in [0.25, 0.3) is 0 Å². The van der Waals surface area contributed by atoms with Gasteiger partial charge in [-0.15, -0.1) is 11.3 Å². The van der Waals surface area contributed by atoms with Crippen LogP contribution < -0.4 is 0 Å². The van der Waals surface area contributed by atoms with Crippen molar-refractivity contribution in [3.8, 4) is 0 Å². The van der Waals surface area contributed by atoms with E-state index in [-0.39, 0.29) is 6.04 Å². The minimum Gasteiger partial charge on any atom is -0.294 e. The van der Waals surface area contributed by atoms with Gasteiger partial charge in [0.15, 0.2) is 9.84 Å². The van der Waals surface area contributed by atoms with Crippen LogP contribution in [-0.4, -0.2) is 37.4 Å². The third-order valence-corrected chi connectivity index (χ3v) is 6.52. The molecule has 1 fully saturated rings. The Balaban J connectivity index is 2.03. The van der Waals surface area contributed by atoms with Crippen LogP contribution in [0.4, 0.5) is 0 Å². The third kappa shape index (κ3) is 4.45. The molecule has 1 aliphatic rings. The highest BCUT2D eigenvalue weighted by Crippen LogP contribution is 2.25. The van der Waals surface area contributed by atoms with E-state index in [4.69, 9.17) is 11.6 Å². The van der Waals surface area contributed by atoms with E-state index in [0.29, 0.717) is 11.5 Å². The first-order chi connectivity index (χ1) is 9.00. The van der Waals surface area contributed by atoms with Gasteiger partial charge in [0, 0.05) is 22.8 Å². The van der Waals surface area contributed by atoms with E-state index in [1.165, 1.54) is 4.88 Å². The lowest BCUT2D eigenvalue weighted by molar-refractivity contribution is 0.202. The number of unbranched alkanes of at least 4 members (excludes halogenated alkanes) is 1. The van der Waals surface area contributed by atoms with Gasteiger partial charge in [-0.2, -0.15) is 0 Å². The molecule has 0 aliphatic carbocycles. The molecule has 1 atom stereocenters. The predicted molar refractivity (Wildman–Crippen MR) is 81.7 cm³/mol. The number of thiophene rings is 1. The summed E-state index contributed by atoms with van der Waals surface area (Å²) < 4.78 is 23.3. The summed E-state index contributed by atoms with van der Waals surface area (Å²) in [5, 5.41) is 2.70. The summed E-state index contributed by atoms with van der Waals surface area (Å²) in [4.78, 5) is 3.53. The van der Waals surface area contributed by atoms with Gasteiger partial charge in [0.05, 0.1) is 16.5 Å². The zero-order chi connectivity index (χ0) is 13.9. The summed E-state index contributed by atoms with van der Waals surface area (Å²) in [6.45, 7) is 3.94. The smallest absolute Gasteiger partial charge is 0.151 e. The first-order valence-corrected chi connectivity index (χ1v) is 9.75. The van der Waals surface area contributed by atoms with E-state index in [2.05, 4.69) is 11.8 Å². The summed E-state index contributed by atoms with van der Waals surface area (Å²) in [5.41, 5.74) is 0. The fourth-order valence-electron chi connectivity index (χ4n) is 2.45. The largest absolute Gasteiger partial charge is 0.294 e. The van der Waals surface area contributed by atoms with Crippen molar-refractivity contribution in [1.82, 2.24) is 4.90 Å². The van der Waals surface area contributed by atoms with E-state index in [1.54, 1.807) is 11.3 Å². The molecule has 0 spiro atoms. The third-order valence-electron chi connectivity index (χ3n) is 3.50. The minimum atomic E-state index is -2.82. The van der Waals surface area contributed by atoms with E-state index < -0.39 is 9.84 Å². The van der Waals surface area contributed by atoms with E-state index in [0.717, 1.165) is 37.4 Å². The summed E-state index contributed by atoms with van der Waals surface area (Å²) in [5.74, 6) is 0.654. The first-order valence-electron chi connectivity index (χ1n) is 6.67. The first kappa shape index (κ1) is 15.3. The highest BCUT2D eigenvalue weighted by molar-refractivity contribution is 7.91. The zero-order valence-corrected chi connectivity index (χ0v) is 13.5. The van der Waals surface area contributed by atoms with Crippen LogP contribution in [0, 0.1) is 0 Å². The van der Waals surface area contributed by atoms with E-state index >= 15 is 0 Å². The molecule has 1 aliphatic heterocycles. The molecule has 0 saturated carbocycles. The minimum absolute atomic E-state index is 0.178. The predicted octanol–water partition coefficient (Wildman–Crippen LogP) is 3.19. The molecule has 3 nitrogen and oxygen atoms in total. The molecule has 0 N–H and O–H groups in total. The second-order valence-corrected chi connectivity index (χ2v) is 8.77. The van der Waals surface area contributed by atoms with Gasteiger partial charge in [-0.25, -0.2) is 8.42 Å². The lowest BCUT2D eigenvalue weighted by Gasteiger charge is -2.27. The number of sulfone groups is 1. The number of hydrogen-bond donors (Lipinski definition) is 0. The lowest BCUT2D eigenvalue weighted by atomic mass is 10.2. The van der Waals surface area contributed by atoms with Crippen LogP contribution in [0.1, 0.15) is 31.1 Å². The van der Waals surface area contributed by atoms with Crippen LogP contribution in [0.25, 0.3) is 0 Å². The molecule has 0 aromatic carbocycles. The van der Waals surface area contributed by atoms with Gasteiger partial charge in [0.1, 0.15) is 0 Å². The Hall–Kier alpha value is -0.100. The lowest BCUT2D eigenvalue weighted by Crippen LogP contribution is -2.36. The summed E-state index contributed by atoms with van der Waals surface area (Å²) in [6, 6.07) is 2.16. The maximum atomic E-state index is 11.6. The van der Waals surface area contributed by atoms with Gasteiger partial charge >= 0.3 is 0 Å². The SMILES string of the molecule is CCCCN(Cc1cc(Cl)cs1)[C@@H]1CCS(=O)(=O)C1. The van der Waals surface area contributed by atoms with Gasteiger partial charge in [-0.3, -0.25) is 4.90 Å². The quantitative estimate of drug-likeness (QED) is 0.807. The molecule has 6 heteroatoms. The fraction of sp³-hybridized carbons (Fsp3) is 0.692. The number of rotatable bonds is 6. The molecule has 2 rings (SSSR count). The van der Waals surface area contributed by atoms with E-state index in [1.807, 2.05) is 11.4 Å². The topological polar surface area (TPSA) is 37.4 Å². The average Bonchev–Trinajstić information content (AvgIpc) is 2.90. The van der Waals surface area contributed by atoms with Crippen molar-refractivity contribution in [1.29, 1.82) is 0 Å². The Labute approximate surface area is 124 Å². The van der Waals surface area contributed by atoms with Crippen molar-refractivity contribution in [2.45, 2.75) is 38.8 Å². The summed E-state index contributed by atoms with van der Waals surface area (Å²) >= 11 is 7.60. The highest BCUT2D eigenvalue weighted by Gasteiger charge is 2.32. The van der Waals surface area contributed by atoms with Gasteiger partial charge in [-0.05, 0) is 25.5 Å². The molecule has 0 radical (unpaired) electrons. The second-order valence-electron chi connectivity index (χ2n) is 5.11. The average molecular weight is 322 g/mol. The maximum Gasteiger partial charge on any atom is 0.151 e. The monoisotopic (exact) mass is 321 g/mol. The Bertz CT molecular complexity index is 512. The molecular weight excluding hydrogens is 302 g/mol. The van der Waals surface area contributed by atoms with Crippen molar-refractivity contribution in [3.63, 3.8) is 0 Å². The molecule has 1 saturated heterocycles. The van der Waals surface area contributed by atoms with Gasteiger partial charge in [-0.1, -0.05) is 24.9 Å². The number of halogens is 1. The fourth-order valence-corrected chi connectivity index (χ4v) is 5.31. The molecule has 108 valence electrons. The molecule has 0 bridgehead atoms. The zero-order valence-electron chi connectivity index (χ0n) is 11.1. The van der Waals surface area contributed by atoms with Crippen LogP contribution in [0.15, 0.2) is 11.4 Å². The molecule has 1 aromatic rings. The Morgan fingerprint density at radius 3 is 2.84 bits per heavy atom. The molecule has 0 amide bonds. The van der Waals surface area contributed by atoms with Gasteiger partial charge in [0.2, 0.25) is 0 Å². The van der Waals surface area contributed by atoms with Crippen molar-refractivity contribution < 1.29 is 8.42 Å². The van der Waals surface area contributed by atoms with Crippen LogP contribution in [-0.2, 0) is 16.4 Å². The van der Waals surface area contributed by atoms with Crippen LogP contribution in [0.3, 0.4) is 0 Å². The Kier molecular flexibility index (Phi) is 5.29. The van der Waals surface area contributed by atoms with Gasteiger partial charge < -0.3 is 0 Å². The van der Waals surface area contributed by atoms with Crippen LogP contribution in [0.5, 0.6) is 0 Å². The standard InChI is InChI=1S/C13H20ClNO2S2/c1-2-3-5-15(8-13-7-11(14)9-18-13)12-4-6-19(16,17)10-12/h7,9,12H,2-6,8,10H2,1H3/t12-/m1/s1. The molecule has 2 heterocycles. The molecule has 1 aromatic heterocycles. The summed E-state index contributed by atoms with van der Waals surface area (Å²) in [7, 11) is -2.82. The van der Waals surface area contributed by atoms with Crippen LogP contribution in [0.2, 0.25) is 5.02 Å². The number of hydrogen-bond acceptors (Lipinski definition) is 4. The van der Waals surface area contributed by atoms with Crippen molar-refractivity contribution in [2.24, 2.45) is 0 Å². The highest BCUT2D eigenvalue weighted by atomic mass is 35.5. The van der Waals surface area contributed by atoms with Crippen molar-refractivity contribution in [3.05, 3.63) is 21.3 Å². The molecule has 19 heavy (non-hydrogen) atoms. The molecule has 0 unspecified atom stereocenters. The van der Waals surface area contributed by atoms with Crippen LogP contribution >= 0.6 is 22.9 Å². The van der Waals surface area contributed by atoms with Crippen molar-refractivity contribution >= 4 is 32.8 Å². The normalized spacial score (nSPS) is 22.2. The number of nitrogens with zero attached hydrogens (tertiary/aromatic N) is 1. The second kappa shape index (κ2) is 6.57. The Morgan fingerprint density at radius 2 is 2.32 bits per heavy atom. The maximum absolute atomic E-state index is 11.6. The molecular formula is C13H20ClNO2S2. The van der Waals surface area contributed by atoms with E-state index in [9.17, 15) is 8.42 Å². The summed E-state index contributed by atoms with van der Waals surface area (Å²) in [6.07, 6.45) is 3.00.